The van der Waals surface area contributed by atoms with Gasteiger partial charge in [0.25, 0.3) is 5.69 Å². The Balaban J connectivity index is 1.81. The van der Waals surface area contributed by atoms with E-state index in [9.17, 15) is 10.1 Å². The molecular weight excluding hydrogens is 372 g/mol. The zero-order chi connectivity index (χ0) is 17.1. The van der Waals surface area contributed by atoms with Crippen molar-refractivity contribution in [3.05, 3.63) is 74.9 Å². The van der Waals surface area contributed by atoms with Crippen molar-refractivity contribution in [2.45, 2.75) is 6.54 Å². The van der Waals surface area contributed by atoms with E-state index in [1.165, 1.54) is 6.07 Å². The van der Waals surface area contributed by atoms with Gasteiger partial charge in [-0.1, -0.05) is 40.2 Å². The second-order valence-corrected chi connectivity index (χ2v) is 6.23. The number of hydrogen-bond donors (Lipinski definition) is 1. The molecule has 1 heterocycles. The van der Waals surface area contributed by atoms with Crippen molar-refractivity contribution in [3.8, 4) is 11.3 Å². The van der Waals surface area contributed by atoms with E-state index in [2.05, 4.69) is 26.2 Å². The van der Waals surface area contributed by atoms with Crippen molar-refractivity contribution in [2.75, 3.05) is 5.32 Å². The van der Waals surface area contributed by atoms with Crippen LogP contribution in [0.3, 0.4) is 0 Å². The third kappa shape index (κ3) is 3.46. The highest BCUT2D eigenvalue weighted by atomic mass is 79.9. The second kappa shape index (κ2) is 6.84. The first-order chi connectivity index (χ1) is 11.5. The van der Waals surface area contributed by atoms with Crippen LogP contribution in [0.5, 0.6) is 0 Å². The van der Waals surface area contributed by atoms with Crippen molar-refractivity contribution in [1.29, 1.82) is 0 Å². The van der Waals surface area contributed by atoms with Gasteiger partial charge in [0, 0.05) is 35.8 Å². The number of imidazole rings is 1. The van der Waals surface area contributed by atoms with Crippen LogP contribution in [0, 0.1) is 10.1 Å². The van der Waals surface area contributed by atoms with E-state index in [1.54, 1.807) is 18.3 Å². The molecule has 0 radical (unpaired) electrons. The van der Waals surface area contributed by atoms with Crippen molar-refractivity contribution in [2.24, 2.45) is 7.05 Å². The first-order valence-corrected chi connectivity index (χ1v) is 8.09. The van der Waals surface area contributed by atoms with E-state index in [1.807, 2.05) is 41.9 Å². The number of nitrogens with one attached hydrogen (secondary N) is 1. The lowest BCUT2D eigenvalue weighted by Crippen LogP contribution is -2.05. The number of halogens is 1. The minimum Gasteiger partial charge on any atom is -0.352 e. The third-order valence-corrected chi connectivity index (χ3v) is 4.17. The lowest BCUT2D eigenvalue weighted by Gasteiger charge is -2.09. The molecular formula is C17H15BrN4O2. The van der Waals surface area contributed by atoms with Gasteiger partial charge in [-0.3, -0.25) is 10.1 Å². The maximum atomic E-state index is 10.9. The van der Waals surface area contributed by atoms with Gasteiger partial charge in [-0.25, -0.2) is 4.98 Å². The summed E-state index contributed by atoms with van der Waals surface area (Å²) in [6, 6.07) is 14.6. The van der Waals surface area contributed by atoms with Crippen LogP contribution in [0.15, 0.2) is 59.2 Å². The fourth-order valence-electron chi connectivity index (χ4n) is 2.45. The fraction of sp³-hybridized carbons (Fsp3) is 0.118. The summed E-state index contributed by atoms with van der Waals surface area (Å²) in [5.74, 6) is 0.705. The molecule has 0 atom stereocenters. The predicted octanol–water partition coefficient (Wildman–Crippen LogP) is 4.37. The molecule has 7 heteroatoms. The molecule has 0 saturated carbocycles. The Morgan fingerprint density at radius 3 is 2.79 bits per heavy atom. The van der Waals surface area contributed by atoms with Gasteiger partial charge < -0.3 is 9.88 Å². The summed E-state index contributed by atoms with van der Waals surface area (Å²) in [4.78, 5) is 14.9. The van der Waals surface area contributed by atoms with E-state index in [0.29, 0.717) is 12.5 Å². The third-order valence-electron chi connectivity index (χ3n) is 3.68. The first-order valence-electron chi connectivity index (χ1n) is 7.29. The number of aromatic nitrogens is 2. The summed E-state index contributed by atoms with van der Waals surface area (Å²) in [6.45, 7) is 0.638. The van der Waals surface area contributed by atoms with E-state index in [0.717, 1.165) is 21.3 Å². The van der Waals surface area contributed by atoms with Crippen LogP contribution in [-0.4, -0.2) is 14.5 Å². The smallest absolute Gasteiger partial charge is 0.270 e. The molecule has 0 spiro atoms. The van der Waals surface area contributed by atoms with E-state index in [-0.39, 0.29) is 5.69 Å². The molecule has 0 amide bonds. The molecule has 0 bridgehead atoms. The van der Waals surface area contributed by atoms with E-state index in [4.69, 9.17) is 0 Å². The summed E-state index contributed by atoms with van der Waals surface area (Å²) in [5, 5.41) is 14.2. The number of hydrogen-bond acceptors (Lipinski definition) is 4. The fourth-order valence-corrected chi connectivity index (χ4v) is 2.90. The van der Waals surface area contributed by atoms with E-state index >= 15 is 0 Å². The topological polar surface area (TPSA) is 73.0 Å². The van der Waals surface area contributed by atoms with Gasteiger partial charge in [0.1, 0.15) is 0 Å². The molecule has 1 N–H and O–H groups in total. The summed E-state index contributed by atoms with van der Waals surface area (Å²) in [5.41, 5.74) is 2.77. The molecule has 1 aromatic heterocycles. The lowest BCUT2D eigenvalue weighted by molar-refractivity contribution is -0.384. The summed E-state index contributed by atoms with van der Waals surface area (Å²) in [7, 11) is 1.88. The van der Waals surface area contributed by atoms with Gasteiger partial charge in [-0.15, -0.1) is 0 Å². The number of benzene rings is 2. The van der Waals surface area contributed by atoms with E-state index < -0.39 is 4.92 Å². The van der Waals surface area contributed by atoms with Crippen LogP contribution in [0.25, 0.3) is 11.3 Å². The van der Waals surface area contributed by atoms with Crippen LogP contribution in [0.1, 0.15) is 5.56 Å². The second-order valence-electron chi connectivity index (χ2n) is 5.32. The van der Waals surface area contributed by atoms with Crippen molar-refractivity contribution >= 4 is 27.6 Å². The molecule has 0 aliphatic heterocycles. The molecule has 0 aliphatic rings. The molecule has 3 aromatic rings. The Kier molecular flexibility index (Phi) is 4.61. The zero-order valence-electron chi connectivity index (χ0n) is 12.9. The number of nitrogens with zero attached hydrogens (tertiary/aromatic N) is 3. The Morgan fingerprint density at radius 2 is 2.04 bits per heavy atom. The van der Waals surface area contributed by atoms with Gasteiger partial charge in [-0.05, 0) is 17.7 Å². The molecule has 0 saturated heterocycles. The molecule has 0 aliphatic carbocycles. The summed E-state index contributed by atoms with van der Waals surface area (Å²) >= 11 is 3.45. The minimum absolute atomic E-state index is 0.0670. The van der Waals surface area contributed by atoms with Gasteiger partial charge in [0.15, 0.2) is 0 Å². The van der Waals surface area contributed by atoms with Crippen molar-refractivity contribution in [3.63, 3.8) is 0 Å². The average molecular weight is 387 g/mol. The van der Waals surface area contributed by atoms with Crippen molar-refractivity contribution in [1.82, 2.24) is 9.55 Å². The monoisotopic (exact) mass is 386 g/mol. The Labute approximate surface area is 147 Å². The predicted molar refractivity (Wildman–Crippen MR) is 96.8 cm³/mol. The lowest BCUT2D eigenvalue weighted by atomic mass is 10.1. The van der Waals surface area contributed by atoms with Gasteiger partial charge >= 0.3 is 0 Å². The SMILES string of the molecule is Cn1c(-c2cccc([N+](=O)[O-])c2)cnc1NCc1cccc(Br)c1. The van der Waals surface area contributed by atoms with Crippen LogP contribution < -0.4 is 5.32 Å². The van der Waals surface area contributed by atoms with Gasteiger partial charge in [0.2, 0.25) is 5.95 Å². The summed E-state index contributed by atoms with van der Waals surface area (Å²) < 4.78 is 2.91. The molecule has 0 fully saturated rings. The Morgan fingerprint density at radius 1 is 1.25 bits per heavy atom. The number of nitro groups is 1. The number of non-ortho nitro benzene ring substituents is 1. The van der Waals surface area contributed by atoms with Crippen molar-refractivity contribution < 1.29 is 4.92 Å². The van der Waals surface area contributed by atoms with Gasteiger partial charge in [0.05, 0.1) is 16.8 Å². The number of anilines is 1. The highest BCUT2D eigenvalue weighted by molar-refractivity contribution is 9.10. The Hall–Kier alpha value is -2.67. The quantitative estimate of drug-likeness (QED) is 0.521. The number of rotatable bonds is 5. The van der Waals surface area contributed by atoms with Gasteiger partial charge in [-0.2, -0.15) is 0 Å². The zero-order valence-corrected chi connectivity index (χ0v) is 14.5. The number of nitro benzene ring substituents is 1. The summed E-state index contributed by atoms with van der Waals surface area (Å²) in [6.07, 6.45) is 1.71. The van der Waals surface area contributed by atoms with Crippen LogP contribution in [0.2, 0.25) is 0 Å². The Bertz CT molecular complexity index is 892. The molecule has 122 valence electrons. The highest BCUT2D eigenvalue weighted by Crippen LogP contribution is 2.25. The molecule has 6 nitrogen and oxygen atoms in total. The largest absolute Gasteiger partial charge is 0.352 e. The van der Waals surface area contributed by atoms with Crippen LogP contribution >= 0.6 is 15.9 Å². The maximum Gasteiger partial charge on any atom is 0.270 e. The molecule has 0 unspecified atom stereocenters. The maximum absolute atomic E-state index is 10.9. The highest BCUT2D eigenvalue weighted by Gasteiger charge is 2.12. The first kappa shape index (κ1) is 16.2. The average Bonchev–Trinajstić information content (AvgIpc) is 2.94. The standard InChI is InChI=1S/C17H15BrN4O2/c1-21-16(13-5-3-7-15(9-13)22(23)24)11-20-17(21)19-10-12-4-2-6-14(18)8-12/h2-9,11H,10H2,1H3,(H,19,20). The minimum atomic E-state index is -0.397. The normalized spacial score (nSPS) is 10.6. The van der Waals surface area contributed by atoms with Crippen LogP contribution in [-0.2, 0) is 13.6 Å². The molecule has 3 rings (SSSR count). The molecule has 2 aromatic carbocycles. The van der Waals surface area contributed by atoms with Crippen LogP contribution in [0.4, 0.5) is 11.6 Å². The molecule has 24 heavy (non-hydrogen) atoms.